The number of amides is 1. The molecule has 0 aromatic heterocycles. The number of hydrogen-bond acceptors (Lipinski definition) is 3. The third-order valence-corrected chi connectivity index (χ3v) is 2.93. The summed E-state index contributed by atoms with van der Waals surface area (Å²) in [6, 6.07) is 0. The maximum atomic E-state index is 11.1. The fourth-order valence-electron chi connectivity index (χ4n) is 2.05. The molecule has 2 aliphatic rings. The Balaban J connectivity index is 0.000000720. The van der Waals surface area contributed by atoms with Crippen LogP contribution in [0.2, 0.25) is 0 Å². The summed E-state index contributed by atoms with van der Waals surface area (Å²) in [6.45, 7) is 2.04. The van der Waals surface area contributed by atoms with Crippen LogP contribution in [0.4, 0.5) is 0 Å². The van der Waals surface area contributed by atoms with E-state index in [2.05, 4.69) is 10.7 Å². The molecule has 1 saturated carbocycles. The smallest absolute Gasteiger partial charge is 0.237 e. The van der Waals surface area contributed by atoms with Crippen LogP contribution in [0, 0.1) is 11.3 Å². The highest BCUT2D eigenvalue weighted by molar-refractivity contribution is 5.85. The van der Waals surface area contributed by atoms with E-state index in [1.165, 1.54) is 0 Å². The van der Waals surface area contributed by atoms with E-state index < -0.39 is 0 Å². The molecule has 4 nitrogen and oxygen atoms in total. The van der Waals surface area contributed by atoms with Crippen LogP contribution < -0.4 is 16.6 Å². The molecule has 5 heteroatoms. The number of halogens is 1. The number of nitrogens with two attached hydrogens (primary N) is 1. The normalized spacial score (nSPS) is 37.6. The summed E-state index contributed by atoms with van der Waals surface area (Å²) < 4.78 is 0. The van der Waals surface area contributed by atoms with E-state index in [0.29, 0.717) is 0 Å². The monoisotopic (exact) mass is 191 g/mol. The molecule has 12 heavy (non-hydrogen) atoms. The van der Waals surface area contributed by atoms with Gasteiger partial charge in [0.05, 0.1) is 0 Å². The summed E-state index contributed by atoms with van der Waals surface area (Å²) in [5, 5.41) is 3.26. The van der Waals surface area contributed by atoms with E-state index in [1.54, 1.807) is 0 Å². The Bertz CT molecular complexity index is 191. The second kappa shape index (κ2) is 3.20. The lowest BCUT2D eigenvalue weighted by Gasteiger charge is -2.04. The number of nitrogens with one attached hydrogen (secondary N) is 2. The van der Waals surface area contributed by atoms with Gasteiger partial charge in [0.15, 0.2) is 0 Å². The van der Waals surface area contributed by atoms with Crippen LogP contribution in [-0.4, -0.2) is 19.0 Å². The van der Waals surface area contributed by atoms with Crippen LogP contribution in [0.15, 0.2) is 0 Å². The van der Waals surface area contributed by atoms with Crippen LogP contribution in [0.5, 0.6) is 0 Å². The Hall–Kier alpha value is -0.320. The molecule has 1 aliphatic carbocycles. The summed E-state index contributed by atoms with van der Waals surface area (Å²) in [6.07, 6.45) is 2.15. The average molecular weight is 192 g/mol. The van der Waals surface area contributed by atoms with Gasteiger partial charge in [-0.25, -0.2) is 5.84 Å². The van der Waals surface area contributed by atoms with E-state index in [-0.39, 0.29) is 29.6 Å². The fraction of sp³-hybridized carbons (Fsp3) is 0.857. The molecule has 1 heterocycles. The molecule has 2 atom stereocenters. The molecule has 1 aliphatic heterocycles. The summed E-state index contributed by atoms with van der Waals surface area (Å²) in [7, 11) is 0. The van der Waals surface area contributed by atoms with Gasteiger partial charge in [0.25, 0.3) is 0 Å². The molecule has 0 aromatic carbocycles. The molecular weight excluding hydrogens is 178 g/mol. The molecule has 1 spiro atoms. The summed E-state index contributed by atoms with van der Waals surface area (Å²) >= 11 is 0. The van der Waals surface area contributed by atoms with Gasteiger partial charge in [-0.2, -0.15) is 0 Å². The fourth-order valence-corrected chi connectivity index (χ4v) is 2.05. The lowest BCUT2D eigenvalue weighted by atomic mass is 10.0. The lowest BCUT2D eigenvalue weighted by Crippen LogP contribution is -2.33. The number of hydrazine groups is 1. The molecule has 70 valence electrons. The Kier molecular flexibility index (Phi) is 2.61. The summed E-state index contributed by atoms with van der Waals surface area (Å²) in [5.41, 5.74) is 2.49. The molecule has 1 amide bonds. The molecule has 2 unspecified atom stereocenters. The van der Waals surface area contributed by atoms with Crippen molar-refractivity contribution in [2.75, 3.05) is 13.1 Å². The number of rotatable bonds is 1. The van der Waals surface area contributed by atoms with Gasteiger partial charge in [0.1, 0.15) is 0 Å². The summed E-state index contributed by atoms with van der Waals surface area (Å²) in [5.74, 6) is 5.23. The highest BCUT2D eigenvalue weighted by Gasteiger charge is 2.58. The molecule has 2 rings (SSSR count). The van der Waals surface area contributed by atoms with Gasteiger partial charge in [0.2, 0.25) is 5.91 Å². The van der Waals surface area contributed by atoms with Gasteiger partial charge in [-0.05, 0) is 24.8 Å². The number of carbonyl (C=O) groups is 1. The van der Waals surface area contributed by atoms with Crippen molar-refractivity contribution < 1.29 is 4.79 Å². The minimum absolute atomic E-state index is 0. The number of hydrogen-bond donors (Lipinski definition) is 3. The van der Waals surface area contributed by atoms with Crippen molar-refractivity contribution in [1.29, 1.82) is 0 Å². The van der Waals surface area contributed by atoms with Crippen LogP contribution in [0.1, 0.15) is 12.8 Å². The van der Waals surface area contributed by atoms with E-state index in [4.69, 9.17) is 5.84 Å². The third kappa shape index (κ3) is 1.30. The Morgan fingerprint density at radius 3 is 2.92 bits per heavy atom. The van der Waals surface area contributed by atoms with E-state index in [9.17, 15) is 4.79 Å². The zero-order valence-corrected chi connectivity index (χ0v) is 7.62. The second-order valence-electron chi connectivity index (χ2n) is 3.55. The van der Waals surface area contributed by atoms with E-state index in [0.717, 1.165) is 25.9 Å². The Labute approximate surface area is 77.6 Å². The van der Waals surface area contributed by atoms with Gasteiger partial charge in [-0.3, -0.25) is 10.2 Å². The highest BCUT2D eigenvalue weighted by atomic mass is 35.5. The topological polar surface area (TPSA) is 67.1 Å². The SMILES string of the molecule is Cl.NNC(=O)C1CC12CCNC2. The van der Waals surface area contributed by atoms with Crippen molar-refractivity contribution in [2.24, 2.45) is 17.2 Å². The quantitative estimate of drug-likeness (QED) is 0.295. The molecule has 0 aromatic rings. The Morgan fingerprint density at radius 1 is 1.67 bits per heavy atom. The van der Waals surface area contributed by atoms with Crippen molar-refractivity contribution in [3.63, 3.8) is 0 Å². The van der Waals surface area contributed by atoms with E-state index >= 15 is 0 Å². The first-order chi connectivity index (χ1) is 5.28. The molecule has 4 N–H and O–H groups in total. The van der Waals surface area contributed by atoms with Gasteiger partial charge in [-0.1, -0.05) is 0 Å². The van der Waals surface area contributed by atoms with Crippen molar-refractivity contribution in [1.82, 2.24) is 10.7 Å². The lowest BCUT2D eigenvalue weighted by molar-refractivity contribution is -0.123. The van der Waals surface area contributed by atoms with E-state index in [1.807, 2.05) is 0 Å². The molecule has 0 radical (unpaired) electrons. The summed E-state index contributed by atoms with van der Waals surface area (Å²) in [4.78, 5) is 11.1. The van der Waals surface area contributed by atoms with Gasteiger partial charge in [-0.15, -0.1) is 12.4 Å². The van der Waals surface area contributed by atoms with Crippen molar-refractivity contribution in [2.45, 2.75) is 12.8 Å². The van der Waals surface area contributed by atoms with Gasteiger partial charge in [0, 0.05) is 12.5 Å². The third-order valence-electron chi connectivity index (χ3n) is 2.93. The zero-order chi connectivity index (χ0) is 7.90. The molecule has 0 bridgehead atoms. The van der Waals surface area contributed by atoms with Crippen LogP contribution in [0.25, 0.3) is 0 Å². The predicted molar refractivity (Wildman–Crippen MR) is 47.6 cm³/mol. The maximum absolute atomic E-state index is 11.1. The van der Waals surface area contributed by atoms with Crippen molar-refractivity contribution >= 4 is 18.3 Å². The highest BCUT2D eigenvalue weighted by Crippen LogP contribution is 2.56. The minimum atomic E-state index is 0. The Morgan fingerprint density at radius 2 is 2.42 bits per heavy atom. The van der Waals surface area contributed by atoms with Crippen LogP contribution in [0.3, 0.4) is 0 Å². The number of carbonyl (C=O) groups excluding carboxylic acids is 1. The average Bonchev–Trinajstić information content (AvgIpc) is 2.48. The standard InChI is InChI=1S/C7H13N3O.ClH/c8-10-6(11)5-3-7(5)1-2-9-4-7;/h5,9H,1-4,8H2,(H,10,11);1H. The second-order valence-corrected chi connectivity index (χ2v) is 3.55. The first-order valence-corrected chi connectivity index (χ1v) is 4.00. The van der Waals surface area contributed by atoms with Gasteiger partial charge < -0.3 is 5.32 Å². The molecule has 1 saturated heterocycles. The maximum Gasteiger partial charge on any atom is 0.237 e. The van der Waals surface area contributed by atoms with Crippen LogP contribution >= 0.6 is 12.4 Å². The predicted octanol–water partition coefficient (Wildman–Crippen LogP) is -0.602. The largest absolute Gasteiger partial charge is 0.316 e. The molecule has 2 fully saturated rings. The zero-order valence-electron chi connectivity index (χ0n) is 6.80. The van der Waals surface area contributed by atoms with Crippen molar-refractivity contribution in [3.05, 3.63) is 0 Å². The molecular formula is C7H14ClN3O. The first kappa shape index (κ1) is 9.77. The van der Waals surface area contributed by atoms with Gasteiger partial charge >= 0.3 is 0 Å². The van der Waals surface area contributed by atoms with Crippen LogP contribution in [-0.2, 0) is 4.79 Å². The first-order valence-electron chi connectivity index (χ1n) is 4.00. The van der Waals surface area contributed by atoms with Crippen molar-refractivity contribution in [3.8, 4) is 0 Å². The minimum Gasteiger partial charge on any atom is -0.316 e.